The Morgan fingerprint density at radius 1 is 0.609 bits per heavy atom. The van der Waals surface area contributed by atoms with Gasteiger partial charge in [0.2, 0.25) is 0 Å². The third-order valence-electron chi connectivity index (χ3n) is 3.83. The van der Waals surface area contributed by atoms with E-state index < -0.39 is 0 Å². The number of rotatable bonds is 2. The Morgan fingerprint density at radius 3 is 1.83 bits per heavy atom. The van der Waals surface area contributed by atoms with E-state index >= 15 is 0 Å². The van der Waals surface area contributed by atoms with Crippen molar-refractivity contribution in [2.45, 2.75) is 0 Å². The molecule has 0 bridgehead atoms. The van der Waals surface area contributed by atoms with Crippen LogP contribution in [0.4, 0.5) is 8.78 Å². The standard InChI is InChI=1S/C20H12F2S/c21-15-9-5-13(6-10-15)19-17-3-1-2-4-18(17)23-20(19)14-7-11-16(22)12-8-14/h1-12H. The van der Waals surface area contributed by atoms with Crippen LogP contribution in [-0.2, 0) is 0 Å². The van der Waals surface area contributed by atoms with Crippen molar-refractivity contribution in [1.29, 1.82) is 0 Å². The number of hydrogen-bond acceptors (Lipinski definition) is 1. The fourth-order valence-corrected chi connectivity index (χ4v) is 3.98. The van der Waals surface area contributed by atoms with E-state index in [1.165, 1.54) is 24.3 Å². The first-order chi connectivity index (χ1) is 11.2. The second-order valence-corrected chi connectivity index (χ2v) is 6.37. The fraction of sp³-hybridized carbons (Fsp3) is 0. The van der Waals surface area contributed by atoms with E-state index in [2.05, 4.69) is 12.1 Å². The summed E-state index contributed by atoms with van der Waals surface area (Å²) in [5.74, 6) is -0.505. The average molecular weight is 322 g/mol. The van der Waals surface area contributed by atoms with Gasteiger partial charge in [0.1, 0.15) is 11.6 Å². The first-order valence-electron chi connectivity index (χ1n) is 7.26. The maximum absolute atomic E-state index is 13.3. The second-order valence-electron chi connectivity index (χ2n) is 5.32. The molecule has 4 aromatic rings. The number of fused-ring (bicyclic) bond motifs is 1. The van der Waals surface area contributed by atoms with Gasteiger partial charge in [0, 0.05) is 20.5 Å². The van der Waals surface area contributed by atoms with Gasteiger partial charge in [-0.05, 0) is 41.5 Å². The molecule has 3 aromatic carbocycles. The molecule has 112 valence electrons. The summed E-state index contributed by atoms with van der Waals surface area (Å²) < 4.78 is 27.7. The normalized spacial score (nSPS) is 11.0. The van der Waals surface area contributed by atoms with Crippen LogP contribution in [0.25, 0.3) is 31.7 Å². The molecule has 0 fully saturated rings. The zero-order valence-corrected chi connectivity index (χ0v) is 12.9. The summed E-state index contributed by atoms with van der Waals surface area (Å²) in [7, 11) is 0. The number of benzene rings is 3. The third-order valence-corrected chi connectivity index (χ3v) is 5.05. The lowest BCUT2D eigenvalue weighted by atomic mass is 9.99. The van der Waals surface area contributed by atoms with Crippen LogP contribution in [0.15, 0.2) is 72.8 Å². The van der Waals surface area contributed by atoms with Crippen molar-refractivity contribution in [2.75, 3.05) is 0 Å². The number of hydrogen-bond donors (Lipinski definition) is 0. The van der Waals surface area contributed by atoms with Crippen LogP contribution in [0, 0.1) is 11.6 Å². The van der Waals surface area contributed by atoms with E-state index in [0.29, 0.717) is 0 Å². The topological polar surface area (TPSA) is 0 Å². The summed E-state index contributed by atoms with van der Waals surface area (Å²) in [5.41, 5.74) is 2.99. The fourth-order valence-electron chi connectivity index (χ4n) is 2.75. The molecule has 0 radical (unpaired) electrons. The molecule has 0 aliphatic carbocycles. The molecule has 3 heteroatoms. The highest BCUT2D eigenvalue weighted by atomic mass is 32.1. The molecule has 0 unspecified atom stereocenters. The summed E-state index contributed by atoms with van der Waals surface area (Å²) in [6, 6.07) is 21.2. The van der Waals surface area contributed by atoms with Crippen molar-refractivity contribution >= 4 is 21.4 Å². The van der Waals surface area contributed by atoms with Crippen molar-refractivity contribution in [3.05, 3.63) is 84.4 Å². The molecule has 4 rings (SSSR count). The molecule has 0 nitrogen and oxygen atoms in total. The van der Waals surface area contributed by atoms with Crippen molar-refractivity contribution < 1.29 is 8.78 Å². The summed E-state index contributed by atoms with van der Waals surface area (Å²) >= 11 is 1.67. The molecule has 23 heavy (non-hydrogen) atoms. The van der Waals surface area contributed by atoms with Gasteiger partial charge in [0.15, 0.2) is 0 Å². The first kappa shape index (κ1) is 14.1. The van der Waals surface area contributed by atoms with Gasteiger partial charge in [-0.1, -0.05) is 42.5 Å². The van der Waals surface area contributed by atoms with Gasteiger partial charge in [-0.25, -0.2) is 8.78 Å². The van der Waals surface area contributed by atoms with Crippen LogP contribution in [0.1, 0.15) is 0 Å². The van der Waals surface area contributed by atoms with E-state index in [1.807, 2.05) is 12.1 Å². The lowest BCUT2D eigenvalue weighted by Gasteiger charge is -2.06. The maximum atomic E-state index is 13.3. The van der Waals surface area contributed by atoms with Crippen LogP contribution in [0.3, 0.4) is 0 Å². The Bertz CT molecular complexity index is 967. The zero-order chi connectivity index (χ0) is 15.8. The Kier molecular flexibility index (Phi) is 3.43. The molecule has 0 N–H and O–H groups in total. The predicted octanol–water partition coefficient (Wildman–Crippen LogP) is 6.51. The van der Waals surface area contributed by atoms with Crippen molar-refractivity contribution in [3.63, 3.8) is 0 Å². The van der Waals surface area contributed by atoms with Gasteiger partial charge in [0.05, 0.1) is 0 Å². The summed E-state index contributed by atoms with van der Waals surface area (Å²) in [5, 5.41) is 1.13. The summed E-state index contributed by atoms with van der Waals surface area (Å²) in [6.07, 6.45) is 0. The molecule has 0 saturated carbocycles. The molecule has 0 atom stereocenters. The molecule has 0 aliphatic rings. The monoisotopic (exact) mass is 322 g/mol. The van der Waals surface area contributed by atoms with Gasteiger partial charge in [-0.15, -0.1) is 11.3 Å². The highest BCUT2D eigenvalue weighted by molar-refractivity contribution is 7.23. The largest absolute Gasteiger partial charge is 0.207 e. The number of thiophene rings is 1. The highest BCUT2D eigenvalue weighted by Crippen LogP contribution is 2.44. The maximum Gasteiger partial charge on any atom is 0.123 e. The van der Waals surface area contributed by atoms with Crippen molar-refractivity contribution in [2.24, 2.45) is 0 Å². The van der Waals surface area contributed by atoms with E-state index in [4.69, 9.17) is 0 Å². The van der Waals surface area contributed by atoms with E-state index in [0.717, 1.165) is 31.7 Å². The molecule has 0 aliphatic heterocycles. The summed E-state index contributed by atoms with van der Waals surface area (Å²) in [6.45, 7) is 0. The Morgan fingerprint density at radius 2 is 1.17 bits per heavy atom. The second kappa shape index (κ2) is 5.60. The van der Waals surface area contributed by atoms with Gasteiger partial charge in [0.25, 0.3) is 0 Å². The molecule has 0 amide bonds. The minimum absolute atomic E-state index is 0.252. The molecular formula is C20H12F2S. The third kappa shape index (κ3) is 2.53. The van der Waals surface area contributed by atoms with Gasteiger partial charge in [-0.2, -0.15) is 0 Å². The Hall–Kier alpha value is -2.52. The van der Waals surface area contributed by atoms with Crippen LogP contribution < -0.4 is 0 Å². The smallest absolute Gasteiger partial charge is 0.123 e. The van der Waals surface area contributed by atoms with E-state index in [9.17, 15) is 8.78 Å². The van der Waals surface area contributed by atoms with Crippen LogP contribution >= 0.6 is 11.3 Å². The lowest BCUT2D eigenvalue weighted by Crippen LogP contribution is -1.82. The van der Waals surface area contributed by atoms with E-state index in [-0.39, 0.29) is 11.6 Å². The average Bonchev–Trinajstić information content (AvgIpc) is 2.96. The Balaban J connectivity index is 2.01. The minimum Gasteiger partial charge on any atom is -0.207 e. The van der Waals surface area contributed by atoms with E-state index in [1.54, 1.807) is 35.6 Å². The molecule has 1 heterocycles. The first-order valence-corrected chi connectivity index (χ1v) is 8.07. The Labute approximate surface area is 136 Å². The van der Waals surface area contributed by atoms with Crippen molar-refractivity contribution in [3.8, 4) is 21.6 Å². The van der Waals surface area contributed by atoms with Crippen molar-refractivity contribution in [1.82, 2.24) is 0 Å². The predicted molar refractivity (Wildman–Crippen MR) is 92.6 cm³/mol. The summed E-state index contributed by atoms with van der Waals surface area (Å²) in [4.78, 5) is 1.07. The molecular weight excluding hydrogens is 310 g/mol. The number of halogens is 2. The van der Waals surface area contributed by atoms with Crippen LogP contribution in [0.5, 0.6) is 0 Å². The minimum atomic E-state index is -0.253. The molecule has 1 aromatic heterocycles. The SMILES string of the molecule is Fc1ccc(-c2sc3ccccc3c2-c2ccc(F)cc2)cc1. The zero-order valence-electron chi connectivity index (χ0n) is 12.1. The quantitative estimate of drug-likeness (QED) is 0.394. The van der Waals surface area contributed by atoms with Gasteiger partial charge in [-0.3, -0.25) is 0 Å². The lowest BCUT2D eigenvalue weighted by molar-refractivity contribution is 0.627. The van der Waals surface area contributed by atoms with Crippen LogP contribution in [0.2, 0.25) is 0 Å². The molecule has 0 spiro atoms. The van der Waals surface area contributed by atoms with Gasteiger partial charge < -0.3 is 0 Å². The highest BCUT2D eigenvalue weighted by Gasteiger charge is 2.15. The van der Waals surface area contributed by atoms with Gasteiger partial charge >= 0.3 is 0 Å². The van der Waals surface area contributed by atoms with Crippen LogP contribution in [-0.4, -0.2) is 0 Å². The molecule has 0 saturated heterocycles.